The minimum atomic E-state index is -1.38. The van der Waals surface area contributed by atoms with Gasteiger partial charge >= 0.3 is 0 Å². The van der Waals surface area contributed by atoms with Gasteiger partial charge in [0.2, 0.25) is 5.88 Å². The number of nitrogens with zero attached hydrogens (tertiary/aromatic N) is 1. The van der Waals surface area contributed by atoms with Gasteiger partial charge in [-0.05, 0) is 53.6 Å². The van der Waals surface area contributed by atoms with E-state index in [0.29, 0.717) is 40.7 Å². The van der Waals surface area contributed by atoms with Crippen LogP contribution in [0, 0.1) is 0 Å². The summed E-state index contributed by atoms with van der Waals surface area (Å²) in [6.45, 7) is 2.22. The van der Waals surface area contributed by atoms with Crippen molar-refractivity contribution in [2.75, 3.05) is 31.0 Å². The van der Waals surface area contributed by atoms with Crippen LogP contribution in [0.5, 0.6) is 11.5 Å². The van der Waals surface area contributed by atoms with E-state index in [1.54, 1.807) is 29.2 Å². The molecule has 7 nitrogen and oxygen atoms in total. The monoisotopic (exact) mass is 558 g/mol. The van der Waals surface area contributed by atoms with Gasteiger partial charge in [-0.3, -0.25) is 4.79 Å². The lowest BCUT2D eigenvalue weighted by molar-refractivity contribution is -0.117. The molecule has 1 aliphatic rings. The third-order valence-corrected chi connectivity index (χ3v) is 7.48. The largest absolute Gasteiger partial charge is 0.494 e. The SMILES string of the molecule is CCN1C(O)=C(C(=O)C(Cc2ccc(Cl)cc2)Nc2ccc3ccccc3c2)C(O)c2cc(OC)c(OC)cc21. The fourth-order valence-electron chi connectivity index (χ4n) is 5.17. The molecule has 8 heteroatoms. The summed E-state index contributed by atoms with van der Waals surface area (Å²) in [6, 6.07) is 23.7. The van der Waals surface area contributed by atoms with E-state index < -0.39 is 17.9 Å². The van der Waals surface area contributed by atoms with Crippen molar-refractivity contribution in [3.63, 3.8) is 0 Å². The number of fused-ring (bicyclic) bond motifs is 2. The first-order valence-corrected chi connectivity index (χ1v) is 13.4. The van der Waals surface area contributed by atoms with Gasteiger partial charge in [0.05, 0.1) is 31.5 Å². The molecule has 0 saturated heterocycles. The van der Waals surface area contributed by atoms with E-state index in [4.69, 9.17) is 21.1 Å². The Labute approximate surface area is 238 Å². The molecule has 40 heavy (non-hydrogen) atoms. The second-order valence-electron chi connectivity index (χ2n) is 9.60. The van der Waals surface area contributed by atoms with Crippen LogP contribution in [-0.4, -0.2) is 42.8 Å². The number of anilines is 2. The van der Waals surface area contributed by atoms with Crippen molar-refractivity contribution >= 4 is 39.5 Å². The zero-order valence-corrected chi connectivity index (χ0v) is 23.3. The quantitative estimate of drug-likeness (QED) is 0.217. The zero-order chi connectivity index (χ0) is 28.4. The Bertz CT molecular complexity index is 1580. The summed E-state index contributed by atoms with van der Waals surface area (Å²) in [5.74, 6) is 0.151. The number of benzene rings is 4. The maximum absolute atomic E-state index is 14.3. The molecular formula is C32H31ClN2O5. The normalized spacial score (nSPS) is 15.5. The first-order chi connectivity index (χ1) is 19.3. The number of methoxy groups -OCH3 is 2. The molecule has 2 atom stereocenters. The molecule has 0 amide bonds. The number of hydrogen-bond donors (Lipinski definition) is 3. The number of halogens is 1. The number of ketones is 1. The van der Waals surface area contributed by atoms with E-state index in [-0.39, 0.29) is 11.5 Å². The molecule has 0 aromatic heterocycles. The molecule has 0 fully saturated rings. The van der Waals surface area contributed by atoms with Crippen LogP contribution < -0.4 is 19.7 Å². The van der Waals surface area contributed by atoms with Gasteiger partial charge in [0.1, 0.15) is 6.10 Å². The van der Waals surface area contributed by atoms with Gasteiger partial charge in [-0.15, -0.1) is 0 Å². The average Bonchev–Trinajstić information content (AvgIpc) is 2.97. The van der Waals surface area contributed by atoms with Gasteiger partial charge in [-0.25, -0.2) is 0 Å². The molecule has 0 bridgehead atoms. The highest BCUT2D eigenvalue weighted by molar-refractivity contribution is 6.30. The Morgan fingerprint density at radius 2 is 1.65 bits per heavy atom. The van der Waals surface area contributed by atoms with Crippen LogP contribution in [0.3, 0.4) is 0 Å². The number of aliphatic hydroxyl groups excluding tert-OH is 2. The van der Waals surface area contributed by atoms with Crippen molar-refractivity contribution in [2.24, 2.45) is 0 Å². The van der Waals surface area contributed by atoms with Crippen LogP contribution in [0.2, 0.25) is 5.02 Å². The summed E-state index contributed by atoms with van der Waals surface area (Å²) in [5, 5.41) is 29.0. The van der Waals surface area contributed by atoms with Gasteiger partial charge in [-0.2, -0.15) is 0 Å². The van der Waals surface area contributed by atoms with Crippen LogP contribution in [-0.2, 0) is 11.2 Å². The minimum absolute atomic E-state index is 0.0891. The number of Topliss-reactive ketones (excluding diaryl/α,β-unsaturated/α-hetero) is 1. The van der Waals surface area contributed by atoms with Gasteiger partial charge in [0, 0.05) is 35.3 Å². The van der Waals surface area contributed by atoms with E-state index in [2.05, 4.69) is 5.32 Å². The molecule has 0 radical (unpaired) electrons. The van der Waals surface area contributed by atoms with E-state index in [0.717, 1.165) is 22.0 Å². The smallest absolute Gasteiger partial charge is 0.201 e. The molecule has 0 saturated carbocycles. The van der Waals surface area contributed by atoms with Crippen molar-refractivity contribution < 1.29 is 24.5 Å². The van der Waals surface area contributed by atoms with Crippen LogP contribution in [0.25, 0.3) is 10.8 Å². The lowest BCUT2D eigenvalue weighted by Crippen LogP contribution is -2.39. The zero-order valence-electron chi connectivity index (χ0n) is 22.5. The molecule has 5 rings (SSSR count). The molecule has 2 unspecified atom stereocenters. The molecular weight excluding hydrogens is 528 g/mol. The number of nitrogens with one attached hydrogen (secondary N) is 1. The highest BCUT2D eigenvalue weighted by atomic mass is 35.5. The van der Waals surface area contributed by atoms with Crippen molar-refractivity contribution in [1.29, 1.82) is 0 Å². The van der Waals surface area contributed by atoms with E-state index in [1.807, 2.05) is 61.5 Å². The Hall–Kier alpha value is -4.20. The number of aliphatic hydroxyl groups is 2. The van der Waals surface area contributed by atoms with Gasteiger partial charge in [-0.1, -0.05) is 54.1 Å². The second kappa shape index (κ2) is 11.5. The van der Waals surface area contributed by atoms with E-state index in [9.17, 15) is 15.0 Å². The standard InChI is InChI=1S/C32H31ClN2O5/c1-4-35-26-18-28(40-3)27(39-2)17-24(26)30(36)29(32(35)38)31(37)25(15-19-9-12-22(33)13-10-19)34-23-14-11-20-7-5-6-8-21(20)16-23/h5-14,16-18,25,30,34,36,38H,4,15H2,1-3H3. The average molecular weight is 559 g/mol. The Kier molecular flexibility index (Phi) is 7.87. The summed E-state index contributed by atoms with van der Waals surface area (Å²) >= 11 is 6.10. The van der Waals surface area contributed by atoms with Gasteiger partial charge < -0.3 is 29.9 Å². The third kappa shape index (κ3) is 5.18. The summed E-state index contributed by atoms with van der Waals surface area (Å²) < 4.78 is 10.9. The van der Waals surface area contributed by atoms with Crippen LogP contribution >= 0.6 is 11.6 Å². The molecule has 4 aromatic carbocycles. The topological polar surface area (TPSA) is 91.3 Å². The van der Waals surface area contributed by atoms with Crippen LogP contribution in [0.15, 0.2) is 90.3 Å². The number of carbonyl (C=O) groups is 1. The van der Waals surface area contributed by atoms with E-state index in [1.165, 1.54) is 14.2 Å². The molecule has 0 spiro atoms. The van der Waals surface area contributed by atoms with Crippen molar-refractivity contribution in [3.8, 4) is 11.5 Å². The predicted molar refractivity (Wildman–Crippen MR) is 159 cm³/mol. The minimum Gasteiger partial charge on any atom is -0.494 e. The Morgan fingerprint density at radius 3 is 2.33 bits per heavy atom. The summed E-state index contributed by atoms with van der Waals surface area (Å²) in [4.78, 5) is 15.8. The Morgan fingerprint density at radius 1 is 0.975 bits per heavy atom. The highest BCUT2D eigenvalue weighted by Crippen LogP contribution is 2.45. The maximum atomic E-state index is 14.3. The van der Waals surface area contributed by atoms with Crippen molar-refractivity contribution in [3.05, 3.63) is 106 Å². The molecule has 0 aliphatic carbocycles. The predicted octanol–water partition coefficient (Wildman–Crippen LogP) is 6.45. The molecule has 4 aromatic rings. The highest BCUT2D eigenvalue weighted by Gasteiger charge is 2.39. The molecule has 1 aliphatic heterocycles. The Balaban J connectivity index is 1.56. The van der Waals surface area contributed by atoms with Crippen molar-refractivity contribution in [1.82, 2.24) is 0 Å². The summed E-state index contributed by atoms with van der Waals surface area (Å²) in [7, 11) is 3.02. The van der Waals surface area contributed by atoms with Crippen molar-refractivity contribution in [2.45, 2.75) is 25.5 Å². The summed E-state index contributed by atoms with van der Waals surface area (Å²) in [5.41, 5.74) is 2.51. The number of rotatable bonds is 9. The molecule has 3 N–H and O–H groups in total. The number of carbonyl (C=O) groups excluding carboxylic acids is 1. The first-order valence-electron chi connectivity index (χ1n) is 13.0. The number of ether oxygens (including phenoxy) is 2. The third-order valence-electron chi connectivity index (χ3n) is 7.23. The fourth-order valence-corrected chi connectivity index (χ4v) is 5.30. The van der Waals surface area contributed by atoms with Gasteiger partial charge in [0.15, 0.2) is 17.3 Å². The maximum Gasteiger partial charge on any atom is 0.201 e. The van der Waals surface area contributed by atoms with Crippen LogP contribution in [0.1, 0.15) is 24.2 Å². The molecule has 1 heterocycles. The first kappa shape index (κ1) is 27.4. The molecule has 206 valence electrons. The lowest BCUT2D eigenvalue weighted by Gasteiger charge is -2.35. The lowest BCUT2D eigenvalue weighted by atomic mass is 9.88. The second-order valence-corrected chi connectivity index (χ2v) is 10.0. The summed E-state index contributed by atoms with van der Waals surface area (Å²) in [6.07, 6.45) is -1.08. The fraction of sp³-hybridized carbons (Fsp3) is 0.219. The van der Waals surface area contributed by atoms with Crippen LogP contribution in [0.4, 0.5) is 11.4 Å². The van der Waals surface area contributed by atoms with E-state index >= 15 is 0 Å². The van der Waals surface area contributed by atoms with Gasteiger partial charge in [0.25, 0.3) is 0 Å². The number of hydrogen-bond acceptors (Lipinski definition) is 7.